The number of hydrogen-bond acceptors (Lipinski definition) is 6. The highest BCUT2D eigenvalue weighted by atomic mass is 16.5. The van der Waals surface area contributed by atoms with E-state index in [1.54, 1.807) is 26.6 Å². The Morgan fingerprint density at radius 3 is 2.50 bits per heavy atom. The second-order valence-corrected chi connectivity index (χ2v) is 9.23. The Morgan fingerprint density at radius 2 is 1.82 bits per heavy atom. The van der Waals surface area contributed by atoms with E-state index in [4.69, 9.17) is 9.47 Å². The van der Waals surface area contributed by atoms with Gasteiger partial charge in [0.25, 0.3) is 5.91 Å². The number of ether oxygens (including phenoxy) is 2. The lowest BCUT2D eigenvalue weighted by atomic mass is 10.0. The van der Waals surface area contributed by atoms with Gasteiger partial charge in [0, 0.05) is 48.4 Å². The molecule has 3 heterocycles. The third-order valence-electron chi connectivity index (χ3n) is 7.11. The van der Waals surface area contributed by atoms with Crippen LogP contribution in [0, 0.1) is 0 Å². The molecule has 8 heteroatoms. The van der Waals surface area contributed by atoms with Gasteiger partial charge in [-0.1, -0.05) is 6.92 Å². The highest BCUT2D eigenvalue weighted by molar-refractivity contribution is 5.97. The second-order valence-electron chi connectivity index (χ2n) is 9.23. The van der Waals surface area contributed by atoms with Crippen LogP contribution in [0.5, 0.6) is 11.5 Å². The topological polar surface area (TPSA) is 72.7 Å². The van der Waals surface area contributed by atoms with Crippen molar-refractivity contribution in [2.75, 3.05) is 33.9 Å². The number of rotatable bonds is 8. The number of methoxy groups -OCH3 is 2. The number of benzene rings is 1. The van der Waals surface area contributed by atoms with Gasteiger partial charge in [-0.25, -0.2) is 9.67 Å². The van der Waals surface area contributed by atoms with Crippen LogP contribution in [-0.4, -0.2) is 76.4 Å². The Balaban J connectivity index is 1.36. The summed E-state index contributed by atoms with van der Waals surface area (Å²) >= 11 is 0. The molecule has 3 aromatic rings. The summed E-state index contributed by atoms with van der Waals surface area (Å²) in [5.74, 6) is 1.59. The van der Waals surface area contributed by atoms with Gasteiger partial charge in [0.1, 0.15) is 11.5 Å². The summed E-state index contributed by atoms with van der Waals surface area (Å²) in [6, 6.07) is 8.39. The number of carbonyl (C=O) groups excluding carboxylic acids is 1. The first-order chi connectivity index (χ1) is 16.6. The molecule has 0 radical (unpaired) electrons. The van der Waals surface area contributed by atoms with E-state index in [2.05, 4.69) is 26.8 Å². The van der Waals surface area contributed by atoms with Crippen LogP contribution in [0.3, 0.4) is 0 Å². The Hall–Kier alpha value is -3.13. The van der Waals surface area contributed by atoms with E-state index >= 15 is 0 Å². The Bertz CT molecular complexity index is 1160. The fourth-order valence-electron chi connectivity index (χ4n) is 4.99. The standard InChI is InChI=1S/C26H33N5O3/c1-4-29-11-9-22(10-12-29)31(21-6-7-21)26(32)20-13-19-16-28-30(25(19)27-15-20)17-18-5-8-23(33-2)14-24(18)34-3/h5,8,13-16,21-22H,4,6-7,9-12,17H2,1-3H3. The largest absolute Gasteiger partial charge is 0.497 e. The zero-order valence-corrected chi connectivity index (χ0v) is 20.2. The average Bonchev–Trinajstić information content (AvgIpc) is 3.64. The van der Waals surface area contributed by atoms with Gasteiger partial charge in [0.05, 0.1) is 32.5 Å². The number of likely N-dealkylation sites (tertiary alicyclic amines) is 1. The smallest absolute Gasteiger partial charge is 0.255 e. The number of hydrogen-bond donors (Lipinski definition) is 0. The van der Waals surface area contributed by atoms with E-state index < -0.39 is 0 Å². The Kier molecular flexibility index (Phi) is 6.41. The SMILES string of the molecule is CCN1CCC(N(C(=O)c2cnc3c(cnn3Cc3ccc(OC)cc3OC)c2)C2CC2)CC1. The molecule has 34 heavy (non-hydrogen) atoms. The highest BCUT2D eigenvalue weighted by Crippen LogP contribution is 2.33. The molecule has 1 aromatic carbocycles. The summed E-state index contributed by atoms with van der Waals surface area (Å²) < 4.78 is 12.7. The van der Waals surface area contributed by atoms with Gasteiger partial charge in [0.2, 0.25) is 0 Å². The van der Waals surface area contributed by atoms with Gasteiger partial charge in [0.15, 0.2) is 5.65 Å². The highest BCUT2D eigenvalue weighted by Gasteiger charge is 2.39. The molecule has 0 unspecified atom stereocenters. The fraction of sp³-hybridized carbons (Fsp3) is 0.500. The minimum absolute atomic E-state index is 0.108. The minimum Gasteiger partial charge on any atom is -0.497 e. The molecule has 0 N–H and O–H groups in total. The van der Waals surface area contributed by atoms with Crippen LogP contribution in [0.1, 0.15) is 48.5 Å². The average molecular weight is 464 g/mol. The summed E-state index contributed by atoms with van der Waals surface area (Å²) in [5, 5.41) is 5.42. The van der Waals surface area contributed by atoms with E-state index in [9.17, 15) is 4.79 Å². The molecule has 2 aromatic heterocycles. The van der Waals surface area contributed by atoms with E-state index in [-0.39, 0.29) is 5.91 Å². The maximum Gasteiger partial charge on any atom is 0.255 e. The van der Waals surface area contributed by atoms with Crippen molar-refractivity contribution in [1.82, 2.24) is 24.6 Å². The van der Waals surface area contributed by atoms with Gasteiger partial charge in [-0.05, 0) is 50.4 Å². The van der Waals surface area contributed by atoms with Gasteiger partial charge < -0.3 is 19.3 Å². The van der Waals surface area contributed by atoms with Crippen molar-refractivity contribution in [3.05, 3.63) is 47.8 Å². The quantitative estimate of drug-likeness (QED) is 0.508. The molecule has 5 rings (SSSR count). The van der Waals surface area contributed by atoms with Crippen LogP contribution in [0.15, 0.2) is 36.7 Å². The second kappa shape index (κ2) is 9.62. The summed E-state index contributed by atoms with van der Waals surface area (Å²) in [6.45, 7) is 5.93. The Labute approximate surface area is 200 Å². The zero-order valence-electron chi connectivity index (χ0n) is 20.2. The lowest BCUT2D eigenvalue weighted by Crippen LogP contribution is -2.48. The third-order valence-corrected chi connectivity index (χ3v) is 7.11. The van der Waals surface area contributed by atoms with Crippen molar-refractivity contribution in [1.29, 1.82) is 0 Å². The lowest BCUT2D eigenvalue weighted by molar-refractivity contribution is 0.0554. The summed E-state index contributed by atoms with van der Waals surface area (Å²) in [4.78, 5) is 22.9. The summed E-state index contributed by atoms with van der Waals surface area (Å²) in [6.07, 6.45) is 7.82. The van der Waals surface area contributed by atoms with Crippen LogP contribution in [0.25, 0.3) is 11.0 Å². The number of piperidine rings is 1. The molecule has 1 aliphatic carbocycles. The summed E-state index contributed by atoms with van der Waals surface area (Å²) in [7, 11) is 3.28. The summed E-state index contributed by atoms with van der Waals surface area (Å²) in [5.41, 5.74) is 2.39. The van der Waals surface area contributed by atoms with Gasteiger partial charge in [-0.3, -0.25) is 4.79 Å². The predicted molar refractivity (Wildman–Crippen MR) is 131 cm³/mol. The first-order valence-electron chi connectivity index (χ1n) is 12.2. The number of aromatic nitrogens is 3. The normalized spacial score (nSPS) is 17.1. The third kappa shape index (κ3) is 4.46. The molecular formula is C26H33N5O3. The van der Waals surface area contributed by atoms with Crippen LogP contribution in [-0.2, 0) is 6.54 Å². The van der Waals surface area contributed by atoms with Gasteiger partial charge in [-0.15, -0.1) is 0 Å². The van der Waals surface area contributed by atoms with Crippen molar-refractivity contribution >= 4 is 16.9 Å². The van der Waals surface area contributed by atoms with E-state index in [1.165, 1.54) is 0 Å². The molecule has 2 fully saturated rings. The fourth-order valence-corrected chi connectivity index (χ4v) is 4.99. The minimum atomic E-state index is 0.108. The predicted octanol–water partition coefficient (Wildman–Crippen LogP) is 3.59. The molecule has 1 saturated carbocycles. The van der Waals surface area contributed by atoms with E-state index in [0.29, 0.717) is 24.2 Å². The van der Waals surface area contributed by atoms with Crippen molar-refractivity contribution in [2.45, 2.75) is 51.2 Å². The van der Waals surface area contributed by atoms with Crippen molar-refractivity contribution in [3.8, 4) is 11.5 Å². The van der Waals surface area contributed by atoms with Gasteiger partial charge in [-0.2, -0.15) is 5.10 Å². The molecule has 0 bridgehead atoms. The van der Waals surface area contributed by atoms with Crippen molar-refractivity contribution in [2.24, 2.45) is 0 Å². The monoisotopic (exact) mass is 463 g/mol. The van der Waals surface area contributed by atoms with Crippen LogP contribution in [0.2, 0.25) is 0 Å². The van der Waals surface area contributed by atoms with E-state index in [1.807, 2.05) is 28.9 Å². The molecule has 1 aliphatic heterocycles. The first kappa shape index (κ1) is 22.7. The van der Waals surface area contributed by atoms with Crippen molar-refractivity contribution in [3.63, 3.8) is 0 Å². The van der Waals surface area contributed by atoms with Gasteiger partial charge >= 0.3 is 0 Å². The number of fused-ring (bicyclic) bond motifs is 1. The molecule has 1 amide bonds. The zero-order chi connectivity index (χ0) is 23.7. The molecular weight excluding hydrogens is 430 g/mol. The number of amides is 1. The maximum atomic E-state index is 13.6. The first-order valence-corrected chi connectivity index (χ1v) is 12.2. The van der Waals surface area contributed by atoms with Crippen LogP contribution < -0.4 is 9.47 Å². The molecule has 1 saturated heterocycles. The van der Waals surface area contributed by atoms with Crippen LogP contribution in [0.4, 0.5) is 0 Å². The number of nitrogens with zero attached hydrogens (tertiary/aromatic N) is 5. The van der Waals surface area contributed by atoms with E-state index in [0.717, 1.165) is 73.4 Å². The Morgan fingerprint density at radius 1 is 1.06 bits per heavy atom. The van der Waals surface area contributed by atoms with Crippen LogP contribution >= 0.6 is 0 Å². The lowest BCUT2D eigenvalue weighted by Gasteiger charge is -2.38. The number of carbonyl (C=O) groups is 1. The molecule has 0 atom stereocenters. The molecule has 180 valence electrons. The number of pyridine rings is 1. The molecule has 2 aliphatic rings. The van der Waals surface area contributed by atoms with Crippen molar-refractivity contribution < 1.29 is 14.3 Å². The maximum absolute atomic E-state index is 13.6. The molecule has 8 nitrogen and oxygen atoms in total. The molecule has 0 spiro atoms.